The molecule has 5 nitrogen and oxygen atoms in total. The van der Waals surface area contributed by atoms with E-state index in [2.05, 4.69) is 4.72 Å². The van der Waals surface area contributed by atoms with Crippen molar-refractivity contribution < 1.29 is 18.3 Å². The molecule has 1 aromatic rings. The zero-order valence-corrected chi connectivity index (χ0v) is 11.3. The summed E-state index contributed by atoms with van der Waals surface area (Å²) in [5.74, 6) is -1.15. The number of sulfonamides is 1. The highest BCUT2D eigenvalue weighted by Crippen LogP contribution is 2.19. The Bertz CT molecular complexity index is 537. The molecule has 0 unspecified atom stereocenters. The maximum atomic E-state index is 11.7. The van der Waals surface area contributed by atoms with Gasteiger partial charge in [0, 0.05) is 0 Å². The quantitative estimate of drug-likeness (QED) is 0.831. The van der Waals surface area contributed by atoms with Crippen molar-refractivity contribution in [1.29, 1.82) is 0 Å². The molecule has 0 aliphatic heterocycles. The van der Waals surface area contributed by atoms with E-state index in [9.17, 15) is 13.2 Å². The van der Waals surface area contributed by atoms with Crippen LogP contribution in [-0.2, 0) is 10.0 Å². The Hall–Kier alpha value is -1.56. The molecule has 0 radical (unpaired) electrons. The van der Waals surface area contributed by atoms with E-state index in [0.29, 0.717) is 6.42 Å². The zero-order chi connectivity index (χ0) is 13.8. The number of aromatic carboxylic acids is 1. The fraction of sp³-hybridized carbons (Fsp3) is 0.417. The predicted molar refractivity (Wildman–Crippen MR) is 70.5 cm³/mol. The summed E-state index contributed by atoms with van der Waals surface area (Å²) in [6.07, 6.45) is 1.31. The molecule has 1 aromatic carbocycles. The van der Waals surface area contributed by atoms with E-state index in [-0.39, 0.29) is 17.0 Å². The molecule has 1 rings (SSSR count). The summed E-state index contributed by atoms with van der Waals surface area (Å²) in [4.78, 5) is 11.0. The number of carbonyl (C=O) groups is 1. The Balaban J connectivity index is 3.01. The average molecular weight is 271 g/mol. The van der Waals surface area contributed by atoms with E-state index in [0.717, 1.165) is 12.0 Å². The predicted octanol–water partition coefficient (Wildman–Crippen LogP) is 2.24. The number of carboxylic acid groups (broad SMARTS) is 1. The van der Waals surface area contributed by atoms with E-state index >= 15 is 0 Å². The fourth-order valence-corrected chi connectivity index (χ4v) is 2.76. The molecule has 0 saturated heterocycles. The lowest BCUT2D eigenvalue weighted by molar-refractivity contribution is 0.0698. The number of aryl methyl sites for hydroxylation is 1. The normalized spacial score (nSPS) is 11.2. The number of carboxylic acids is 1. The maximum absolute atomic E-state index is 11.7. The molecule has 0 atom stereocenters. The van der Waals surface area contributed by atoms with Crippen LogP contribution in [-0.4, -0.2) is 25.2 Å². The molecule has 0 heterocycles. The Labute approximate surface area is 107 Å². The second-order valence-corrected chi connectivity index (χ2v) is 5.97. The van der Waals surface area contributed by atoms with Crippen LogP contribution in [0.25, 0.3) is 0 Å². The van der Waals surface area contributed by atoms with Gasteiger partial charge in [-0.25, -0.2) is 13.2 Å². The summed E-state index contributed by atoms with van der Waals surface area (Å²) in [5, 5.41) is 9.03. The highest BCUT2D eigenvalue weighted by atomic mass is 32.2. The Morgan fingerprint density at radius 3 is 2.61 bits per heavy atom. The summed E-state index contributed by atoms with van der Waals surface area (Å²) in [6, 6.07) is 4.59. The summed E-state index contributed by atoms with van der Waals surface area (Å²) in [7, 11) is -3.48. The first kappa shape index (κ1) is 14.5. The van der Waals surface area contributed by atoms with Gasteiger partial charge in [-0.3, -0.25) is 4.72 Å². The molecule has 100 valence electrons. The van der Waals surface area contributed by atoms with Crippen molar-refractivity contribution in [2.75, 3.05) is 10.5 Å². The molecule has 0 bridgehead atoms. The Morgan fingerprint density at radius 1 is 1.39 bits per heavy atom. The average Bonchev–Trinajstić information content (AvgIpc) is 2.28. The first-order chi connectivity index (χ1) is 8.35. The minimum atomic E-state index is -3.48. The van der Waals surface area contributed by atoms with Gasteiger partial charge in [-0.1, -0.05) is 25.0 Å². The molecule has 0 aliphatic carbocycles. The third-order valence-electron chi connectivity index (χ3n) is 2.44. The number of nitrogens with one attached hydrogen (secondary N) is 1. The summed E-state index contributed by atoms with van der Waals surface area (Å²) < 4.78 is 25.8. The number of hydrogen-bond acceptors (Lipinski definition) is 3. The Kier molecular flexibility index (Phi) is 4.72. The van der Waals surface area contributed by atoms with Crippen LogP contribution in [0.3, 0.4) is 0 Å². The molecule has 0 aliphatic rings. The van der Waals surface area contributed by atoms with E-state index in [4.69, 9.17) is 5.11 Å². The van der Waals surface area contributed by atoms with Crippen molar-refractivity contribution in [3.05, 3.63) is 29.3 Å². The molecule has 0 fully saturated rings. The molecule has 18 heavy (non-hydrogen) atoms. The van der Waals surface area contributed by atoms with Gasteiger partial charge >= 0.3 is 5.97 Å². The van der Waals surface area contributed by atoms with Crippen molar-refractivity contribution in [2.45, 2.75) is 26.7 Å². The molecular formula is C12H17NO4S. The van der Waals surface area contributed by atoms with Crippen molar-refractivity contribution in [1.82, 2.24) is 0 Å². The first-order valence-corrected chi connectivity index (χ1v) is 7.35. The molecule has 0 amide bonds. The highest BCUT2D eigenvalue weighted by molar-refractivity contribution is 7.92. The van der Waals surface area contributed by atoms with Gasteiger partial charge in [0.25, 0.3) is 0 Å². The summed E-state index contributed by atoms with van der Waals surface area (Å²) >= 11 is 0. The third kappa shape index (κ3) is 4.03. The molecule has 2 N–H and O–H groups in total. The minimum Gasteiger partial charge on any atom is -0.478 e. The Morgan fingerprint density at radius 2 is 2.06 bits per heavy atom. The topological polar surface area (TPSA) is 83.5 Å². The third-order valence-corrected chi connectivity index (χ3v) is 3.79. The van der Waals surface area contributed by atoms with Gasteiger partial charge in [0.1, 0.15) is 0 Å². The van der Waals surface area contributed by atoms with Gasteiger partial charge < -0.3 is 5.11 Å². The largest absolute Gasteiger partial charge is 0.478 e. The first-order valence-electron chi connectivity index (χ1n) is 5.70. The van der Waals surface area contributed by atoms with Crippen LogP contribution < -0.4 is 4.72 Å². The lowest BCUT2D eigenvalue weighted by atomic mass is 10.1. The van der Waals surface area contributed by atoms with Gasteiger partial charge in [-0.2, -0.15) is 0 Å². The second-order valence-electron chi connectivity index (χ2n) is 4.13. The van der Waals surface area contributed by atoms with Crippen LogP contribution in [0.15, 0.2) is 18.2 Å². The van der Waals surface area contributed by atoms with Gasteiger partial charge in [-0.05, 0) is 25.5 Å². The number of unbranched alkanes of at least 4 members (excludes halogenated alkanes) is 1. The van der Waals surface area contributed by atoms with E-state index in [1.54, 1.807) is 13.0 Å². The van der Waals surface area contributed by atoms with Gasteiger partial charge in [-0.15, -0.1) is 0 Å². The lowest BCUT2D eigenvalue weighted by Crippen LogP contribution is -2.18. The monoisotopic (exact) mass is 271 g/mol. The number of hydrogen-bond donors (Lipinski definition) is 2. The van der Waals surface area contributed by atoms with E-state index < -0.39 is 16.0 Å². The molecular weight excluding hydrogens is 254 g/mol. The maximum Gasteiger partial charge on any atom is 0.337 e. The number of benzene rings is 1. The van der Waals surface area contributed by atoms with Crippen molar-refractivity contribution in [3.8, 4) is 0 Å². The van der Waals surface area contributed by atoms with Crippen LogP contribution in [0.4, 0.5) is 5.69 Å². The van der Waals surface area contributed by atoms with Crippen LogP contribution in [0.2, 0.25) is 0 Å². The van der Waals surface area contributed by atoms with Crippen LogP contribution in [0.5, 0.6) is 0 Å². The minimum absolute atomic E-state index is 0.00354. The second kappa shape index (κ2) is 5.86. The lowest BCUT2D eigenvalue weighted by Gasteiger charge is -2.10. The standard InChI is InChI=1S/C12H17NO4S/c1-3-4-7-18(16,17)13-11-6-5-9(2)8-10(11)12(14)15/h5-6,8,13H,3-4,7H2,1-2H3,(H,14,15). The molecule has 0 spiro atoms. The van der Waals surface area contributed by atoms with Crippen LogP contribution >= 0.6 is 0 Å². The van der Waals surface area contributed by atoms with Gasteiger partial charge in [0.15, 0.2) is 0 Å². The molecule has 0 aromatic heterocycles. The summed E-state index contributed by atoms with van der Waals surface area (Å²) in [6.45, 7) is 3.64. The highest BCUT2D eigenvalue weighted by Gasteiger charge is 2.15. The fourth-order valence-electron chi connectivity index (χ4n) is 1.48. The van der Waals surface area contributed by atoms with E-state index in [1.807, 2.05) is 6.92 Å². The smallest absolute Gasteiger partial charge is 0.337 e. The van der Waals surface area contributed by atoms with E-state index in [1.165, 1.54) is 12.1 Å². The summed E-state index contributed by atoms with van der Waals surface area (Å²) in [5.41, 5.74) is 0.850. The number of rotatable bonds is 6. The van der Waals surface area contributed by atoms with Crippen molar-refractivity contribution >= 4 is 21.7 Å². The molecule has 0 saturated carbocycles. The van der Waals surface area contributed by atoms with Gasteiger partial charge in [0.05, 0.1) is 17.0 Å². The van der Waals surface area contributed by atoms with Crippen molar-refractivity contribution in [2.24, 2.45) is 0 Å². The zero-order valence-electron chi connectivity index (χ0n) is 10.4. The van der Waals surface area contributed by atoms with Crippen LogP contribution in [0, 0.1) is 6.92 Å². The van der Waals surface area contributed by atoms with Crippen LogP contribution in [0.1, 0.15) is 35.7 Å². The molecule has 6 heteroatoms. The SMILES string of the molecule is CCCCS(=O)(=O)Nc1ccc(C)cc1C(=O)O. The number of anilines is 1. The van der Waals surface area contributed by atoms with Gasteiger partial charge in [0.2, 0.25) is 10.0 Å². The van der Waals surface area contributed by atoms with Crippen molar-refractivity contribution in [3.63, 3.8) is 0 Å².